The van der Waals surface area contributed by atoms with Gasteiger partial charge in [0.1, 0.15) is 17.3 Å². The first-order chi connectivity index (χ1) is 12.1. The van der Waals surface area contributed by atoms with Crippen molar-refractivity contribution < 1.29 is 23.2 Å². The molecule has 128 valence electrons. The average molecular weight is 342 g/mol. The lowest BCUT2D eigenvalue weighted by Crippen LogP contribution is -2.08. The molecule has 2 aromatic carbocycles. The first-order valence-corrected chi connectivity index (χ1v) is 7.39. The highest BCUT2D eigenvalue weighted by molar-refractivity contribution is 5.94. The molecule has 0 fully saturated rings. The highest BCUT2D eigenvalue weighted by Crippen LogP contribution is 2.23. The molecular formula is C18H15FN2O4. The van der Waals surface area contributed by atoms with E-state index < -0.39 is 11.8 Å². The summed E-state index contributed by atoms with van der Waals surface area (Å²) in [4.78, 5) is 12.0. The SMILES string of the molecule is COc1ccc(-c2cc(COC(=O)c3ccc(F)cc3N)on2)cc1. The molecule has 0 unspecified atom stereocenters. The van der Waals surface area contributed by atoms with E-state index in [-0.39, 0.29) is 17.9 Å². The van der Waals surface area contributed by atoms with Crippen LogP contribution in [0.15, 0.2) is 53.1 Å². The van der Waals surface area contributed by atoms with Crippen LogP contribution in [0.1, 0.15) is 16.1 Å². The standard InChI is InChI=1S/C18H15FN2O4/c1-23-13-5-2-11(3-6-13)17-9-14(25-21-17)10-24-18(22)15-7-4-12(19)8-16(15)20/h2-9H,10,20H2,1H3. The second kappa shape index (κ2) is 7.04. The number of halogens is 1. The summed E-state index contributed by atoms with van der Waals surface area (Å²) >= 11 is 0. The van der Waals surface area contributed by atoms with Crippen LogP contribution in [-0.2, 0) is 11.3 Å². The Labute approximate surface area is 142 Å². The third-order valence-corrected chi connectivity index (χ3v) is 3.52. The number of esters is 1. The molecule has 7 heteroatoms. The summed E-state index contributed by atoms with van der Waals surface area (Å²) in [7, 11) is 1.59. The number of carbonyl (C=O) groups excluding carboxylic acids is 1. The Hall–Kier alpha value is -3.35. The van der Waals surface area contributed by atoms with Crippen molar-refractivity contribution in [3.8, 4) is 17.0 Å². The normalized spacial score (nSPS) is 10.5. The van der Waals surface area contributed by atoms with Crippen LogP contribution in [0, 0.1) is 5.82 Å². The molecule has 1 heterocycles. The molecule has 1 aromatic heterocycles. The van der Waals surface area contributed by atoms with Gasteiger partial charge in [-0.2, -0.15) is 0 Å². The van der Waals surface area contributed by atoms with Crippen molar-refractivity contribution in [3.05, 3.63) is 65.7 Å². The Morgan fingerprint density at radius 2 is 1.96 bits per heavy atom. The molecule has 25 heavy (non-hydrogen) atoms. The van der Waals surface area contributed by atoms with E-state index in [2.05, 4.69) is 5.16 Å². The summed E-state index contributed by atoms with van der Waals surface area (Å²) in [5, 5.41) is 3.94. The fourth-order valence-corrected chi connectivity index (χ4v) is 2.21. The second-order valence-electron chi connectivity index (χ2n) is 5.21. The lowest BCUT2D eigenvalue weighted by Gasteiger charge is -2.05. The van der Waals surface area contributed by atoms with Crippen LogP contribution in [0.3, 0.4) is 0 Å². The van der Waals surface area contributed by atoms with Crippen molar-refractivity contribution in [1.29, 1.82) is 0 Å². The summed E-state index contributed by atoms with van der Waals surface area (Å²) in [5.41, 5.74) is 7.16. The maximum absolute atomic E-state index is 13.0. The number of ether oxygens (including phenoxy) is 2. The van der Waals surface area contributed by atoms with Gasteiger partial charge in [0.25, 0.3) is 0 Å². The zero-order valence-electron chi connectivity index (χ0n) is 13.4. The molecule has 3 rings (SSSR count). The van der Waals surface area contributed by atoms with Gasteiger partial charge < -0.3 is 19.7 Å². The van der Waals surface area contributed by atoms with Gasteiger partial charge in [0, 0.05) is 17.3 Å². The van der Waals surface area contributed by atoms with Crippen LogP contribution in [0.5, 0.6) is 5.75 Å². The fourth-order valence-electron chi connectivity index (χ4n) is 2.21. The first-order valence-electron chi connectivity index (χ1n) is 7.39. The van der Waals surface area contributed by atoms with Gasteiger partial charge in [0.2, 0.25) is 0 Å². The number of hydrogen-bond acceptors (Lipinski definition) is 6. The average Bonchev–Trinajstić information content (AvgIpc) is 3.09. The van der Waals surface area contributed by atoms with Gasteiger partial charge in [-0.15, -0.1) is 0 Å². The van der Waals surface area contributed by atoms with Crippen LogP contribution in [0.4, 0.5) is 10.1 Å². The van der Waals surface area contributed by atoms with Gasteiger partial charge in [0.05, 0.1) is 12.7 Å². The summed E-state index contributed by atoms with van der Waals surface area (Å²) < 4.78 is 28.4. The van der Waals surface area contributed by atoms with E-state index in [4.69, 9.17) is 19.7 Å². The minimum Gasteiger partial charge on any atom is -0.497 e. The predicted octanol–water partition coefficient (Wildman–Crippen LogP) is 3.43. The van der Waals surface area contributed by atoms with Gasteiger partial charge in [0.15, 0.2) is 12.4 Å². The number of anilines is 1. The van der Waals surface area contributed by atoms with Crippen LogP contribution in [0.25, 0.3) is 11.3 Å². The molecule has 3 aromatic rings. The number of hydrogen-bond donors (Lipinski definition) is 1. The van der Waals surface area contributed by atoms with Crippen molar-refractivity contribution in [1.82, 2.24) is 5.16 Å². The third-order valence-electron chi connectivity index (χ3n) is 3.52. The quantitative estimate of drug-likeness (QED) is 0.564. The van der Waals surface area contributed by atoms with Crippen molar-refractivity contribution in [2.45, 2.75) is 6.61 Å². The zero-order valence-corrected chi connectivity index (χ0v) is 13.4. The number of benzene rings is 2. The summed E-state index contributed by atoms with van der Waals surface area (Å²) in [6.07, 6.45) is 0. The number of rotatable bonds is 5. The van der Waals surface area contributed by atoms with E-state index in [1.165, 1.54) is 6.07 Å². The smallest absolute Gasteiger partial charge is 0.340 e. The van der Waals surface area contributed by atoms with E-state index in [1.807, 2.05) is 12.1 Å². The van der Waals surface area contributed by atoms with Gasteiger partial charge in [-0.3, -0.25) is 0 Å². The second-order valence-corrected chi connectivity index (χ2v) is 5.21. The predicted molar refractivity (Wildman–Crippen MR) is 88.4 cm³/mol. The highest BCUT2D eigenvalue weighted by Gasteiger charge is 2.14. The molecule has 0 saturated carbocycles. The molecule has 2 N–H and O–H groups in total. The summed E-state index contributed by atoms with van der Waals surface area (Å²) in [6.45, 7) is -0.112. The van der Waals surface area contributed by atoms with E-state index in [1.54, 1.807) is 25.3 Å². The third kappa shape index (κ3) is 3.77. The molecule has 6 nitrogen and oxygen atoms in total. The lowest BCUT2D eigenvalue weighted by molar-refractivity contribution is 0.0438. The van der Waals surface area contributed by atoms with Crippen molar-refractivity contribution in [2.75, 3.05) is 12.8 Å². The molecule has 0 amide bonds. The largest absolute Gasteiger partial charge is 0.497 e. The van der Waals surface area contributed by atoms with E-state index in [9.17, 15) is 9.18 Å². The lowest BCUT2D eigenvalue weighted by atomic mass is 10.1. The van der Waals surface area contributed by atoms with E-state index in [0.29, 0.717) is 11.5 Å². The molecule has 0 aliphatic rings. The zero-order chi connectivity index (χ0) is 17.8. The Morgan fingerprint density at radius 3 is 2.64 bits per heavy atom. The molecule has 0 aliphatic heterocycles. The number of nitrogens with zero attached hydrogens (tertiary/aromatic N) is 1. The first kappa shape index (κ1) is 16.5. The number of methoxy groups -OCH3 is 1. The van der Waals surface area contributed by atoms with E-state index in [0.717, 1.165) is 23.4 Å². The molecule has 0 bridgehead atoms. The summed E-state index contributed by atoms with van der Waals surface area (Å²) in [6, 6.07) is 12.4. The van der Waals surface area contributed by atoms with Crippen molar-refractivity contribution in [2.24, 2.45) is 0 Å². The monoisotopic (exact) mass is 342 g/mol. The van der Waals surface area contributed by atoms with Crippen molar-refractivity contribution >= 4 is 11.7 Å². The Morgan fingerprint density at radius 1 is 1.20 bits per heavy atom. The molecular weight excluding hydrogens is 327 g/mol. The van der Waals surface area contributed by atoms with Gasteiger partial charge in [-0.05, 0) is 42.5 Å². The summed E-state index contributed by atoms with van der Waals surface area (Å²) in [5.74, 6) is -0.0774. The maximum Gasteiger partial charge on any atom is 0.340 e. The Balaban J connectivity index is 1.66. The van der Waals surface area contributed by atoms with Gasteiger partial charge >= 0.3 is 5.97 Å². The highest BCUT2D eigenvalue weighted by atomic mass is 19.1. The minimum atomic E-state index is -0.667. The Kier molecular flexibility index (Phi) is 4.65. The van der Waals surface area contributed by atoms with Crippen molar-refractivity contribution in [3.63, 3.8) is 0 Å². The maximum atomic E-state index is 13.0. The van der Waals surface area contributed by atoms with Crippen LogP contribution < -0.4 is 10.5 Å². The molecule has 0 atom stereocenters. The number of nitrogens with two attached hydrogens (primary N) is 1. The van der Waals surface area contributed by atoms with Crippen LogP contribution >= 0.6 is 0 Å². The number of nitrogen functional groups attached to an aromatic ring is 1. The van der Waals surface area contributed by atoms with Crippen LogP contribution in [0.2, 0.25) is 0 Å². The topological polar surface area (TPSA) is 87.6 Å². The molecule has 0 saturated heterocycles. The Bertz CT molecular complexity index is 890. The molecule has 0 radical (unpaired) electrons. The molecule has 0 spiro atoms. The van der Waals surface area contributed by atoms with Gasteiger partial charge in [-0.1, -0.05) is 5.16 Å². The number of aromatic nitrogens is 1. The van der Waals surface area contributed by atoms with Gasteiger partial charge in [-0.25, -0.2) is 9.18 Å². The molecule has 0 aliphatic carbocycles. The van der Waals surface area contributed by atoms with E-state index >= 15 is 0 Å². The number of carbonyl (C=O) groups is 1. The van der Waals surface area contributed by atoms with Crippen LogP contribution in [-0.4, -0.2) is 18.2 Å². The fraction of sp³-hybridized carbons (Fsp3) is 0.111. The minimum absolute atomic E-state index is 0.0153.